The molecular weight excluding hydrogens is 218 g/mol. The summed E-state index contributed by atoms with van der Waals surface area (Å²) in [7, 11) is 3.28. The molecule has 1 aliphatic heterocycles. The normalized spacial score (nSPS) is 20.8. The van der Waals surface area contributed by atoms with Crippen molar-refractivity contribution in [3.05, 3.63) is 35.4 Å². The maximum atomic E-state index is 5.46. The van der Waals surface area contributed by atoms with Crippen LogP contribution in [0, 0.1) is 0 Å². The Morgan fingerprint density at radius 3 is 2.82 bits per heavy atom. The van der Waals surface area contributed by atoms with Crippen LogP contribution in [0.4, 0.5) is 0 Å². The Balaban J connectivity index is 2.15. The van der Waals surface area contributed by atoms with Gasteiger partial charge in [0.15, 0.2) is 6.29 Å². The number of hydrogen-bond acceptors (Lipinski definition) is 4. The third-order valence-electron chi connectivity index (χ3n) is 2.94. The smallest absolute Gasteiger partial charge is 0.183 e. The molecule has 4 nitrogen and oxygen atoms in total. The van der Waals surface area contributed by atoms with Crippen LogP contribution < -0.4 is 5.32 Å². The maximum Gasteiger partial charge on any atom is 0.183 e. The number of ether oxygens (including phenoxy) is 3. The molecule has 1 fully saturated rings. The van der Waals surface area contributed by atoms with Crippen LogP contribution >= 0.6 is 0 Å². The second-order valence-corrected chi connectivity index (χ2v) is 4.06. The molecule has 2 rings (SSSR count). The predicted molar refractivity (Wildman–Crippen MR) is 64.8 cm³/mol. The zero-order valence-corrected chi connectivity index (χ0v) is 10.3. The van der Waals surface area contributed by atoms with E-state index < -0.39 is 0 Å². The number of benzene rings is 1. The Morgan fingerprint density at radius 1 is 1.35 bits per heavy atom. The topological polar surface area (TPSA) is 39.7 Å². The summed E-state index contributed by atoms with van der Waals surface area (Å²) in [5, 5.41) is 3.43. The number of nitrogens with one attached hydrogen (secondary N) is 1. The molecular formula is C13H19NO3. The molecule has 1 aliphatic rings. The van der Waals surface area contributed by atoms with E-state index >= 15 is 0 Å². The van der Waals surface area contributed by atoms with Crippen molar-refractivity contribution >= 4 is 0 Å². The average Bonchev–Trinajstić information content (AvgIpc) is 2.42. The summed E-state index contributed by atoms with van der Waals surface area (Å²) in [6, 6.07) is 8.48. The van der Waals surface area contributed by atoms with E-state index in [0.717, 1.165) is 18.7 Å². The van der Waals surface area contributed by atoms with Gasteiger partial charge in [-0.1, -0.05) is 18.2 Å². The van der Waals surface area contributed by atoms with Gasteiger partial charge in [0.05, 0.1) is 19.3 Å². The number of methoxy groups -OCH3 is 2. The van der Waals surface area contributed by atoms with Crippen LogP contribution in [0.1, 0.15) is 23.5 Å². The fourth-order valence-corrected chi connectivity index (χ4v) is 2.07. The van der Waals surface area contributed by atoms with Crippen molar-refractivity contribution in [2.24, 2.45) is 0 Å². The summed E-state index contributed by atoms with van der Waals surface area (Å²) >= 11 is 0. The molecule has 1 N–H and O–H groups in total. The molecule has 1 atom stereocenters. The highest BCUT2D eigenvalue weighted by Gasteiger charge is 2.17. The molecule has 1 unspecified atom stereocenters. The number of hydrogen-bond donors (Lipinski definition) is 1. The summed E-state index contributed by atoms with van der Waals surface area (Å²) < 4.78 is 16.0. The Morgan fingerprint density at radius 2 is 2.18 bits per heavy atom. The van der Waals surface area contributed by atoms with Gasteiger partial charge in [-0.05, 0) is 11.6 Å². The minimum absolute atomic E-state index is 0.262. The van der Waals surface area contributed by atoms with Crippen LogP contribution in [0.3, 0.4) is 0 Å². The summed E-state index contributed by atoms with van der Waals surface area (Å²) in [6.45, 7) is 2.40. The molecule has 0 spiro atoms. The second-order valence-electron chi connectivity index (χ2n) is 4.06. The Bertz CT molecular complexity index is 346. The largest absolute Gasteiger partial charge is 0.378 e. The van der Waals surface area contributed by atoms with Gasteiger partial charge in [-0.2, -0.15) is 0 Å². The highest BCUT2D eigenvalue weighted by atomic mass is 16.7. The third kappa shape index (κ3) is 3.04. The van der Waals surface area contributed by atoms with Gasteiger partial charge < -0.3 is 19.5 Å². The lowest BCUT2D eigenvalue weighted by atomic mass is 10.0. The second kappa shape index (κ2) is 6.12. The van der Waals surface area contributed by atoms with E-state index in [2.05, 4.69) is 17.4 Å². The van der Waals surface area contributed by atoms with Crippen LogP contribution in [0.15, 0.2) is 24.3 Å². The van der Waals surface area contributed by atoms with Crippen LogP contribution in [0.25, 0.3) is 0 Å². The monoisotopic (exact) mass is 237 g/mol. The van der Waals surface area contributed by atoms with Gasteiger partial charge in [0, 0.05) is 26.3 Å². The van der Waals surface area contributed by atoms with Crippen molar-refractivity contribution in [1.82, 2.24) is 5.32 Å². The first-order chi connectivity index (χ1) is 8.35. The van der Waals surface area contributed by atoms with E-state index in [9.17, 15) is 0 Å². The molecule has 1 saturated heterocycles. The zero-order chi connectivity index (χ0) is 12.1. The molecule has 0 aromatic heterocycles. The van der Waals surface area contributed by atoms with E-state index in [1.165, 1.54) is 5.56 Å². The molecule has 0 amide bonds. The third-order valence-corrected chi connectivity index (χ3v) is 2.94. The standard InChI is InChI=1S/C13H19NO3/c1-15-13(16-2)11-5-3-4-10(8-11)12-9-17-7-6-14-12/h3-5,8,12-14H,6-7,9H2,1-2H3. The summed E-state index contributed by atoms with van der Waals surface area (Å²) in [6.07, 6.45) is -0.306. The van der Waals surface area contributed by atoms with Gasteiger partial charge in [-0.25, -0.2) is 0 Å². The Labute approximate surface area is 102 Å². The lowest BCUT2D eigenvalue weighted by Crippen LogP contribution is -2.34. The predicted octanol–water partition coefficient (Wildman–Crippen LogP) is 1.64. The molecule has 1 aromatic carbocycles. The molecule has 17 heavy (non-hydrogen) atoms. The van der Waals surface area contributed by atoms with Gasteiger partial charge in [0.2, 0.25) is 0 Å². The lowest BCUT2D eigenvalue weighted by Gasteiger charge is -2.25. The van der Waals surface area contributed by atoms with Gasteiger partial charge in [-0.3, -0.25) is 0 Å². The van der Waals surface area contributed by atoms with Crippen molar-refractivity contribution < 1.29 is 14.2 Å². The average molecular weight is 237 g/mol. The highest BCUT2D eigenvalue weighted by Crippen LogP contribution is 2.22. The van der Waals surface area contributed by atoms with Crippen LogP contribution in [0.5, 0.6) is 0 Å². The van der Waals surface area contributed by atoms with Gasteiger partial charge >= 0.3 is 0 Å². The maximum absolute atomic E-state index is 5.46. The lowest BCUT2D eigenvalue weighted by molar-refractivity contribution is -0.106. The first kappa shape index (κ1) is 12.5. The summed E-state index contributed by atoms with van der Waals surface area (Å²) in [5.41, 5.74) is 2.24. The van der Waals surface area contributed by atoms with Crippen molar-refractivity contribution in [3.63, 3.8) is 0 Å². The molecule has 0 radical (unpaired) electrons. The van der Waals surface area contributed by atoms with E-state index in [4.69, 9.17) is 14.2 Å². The van der Waals surface area contributed by atoms with Crippen LogP contribution in [-0.2, 0) is 14.2 Å². The fraction of sp³-hybridized carbons (Fsp3) is 0.538. The van der Waals surface area contributed by atoms with Crippen molar-refractivity contribution in [2.45, 2.75) is 12.3 Å². The highest BCUT2D eigenvalue weighted by molar-refractivity contribution is 5.27. The molecule has 4 heteroatoms. The van der Waals surface area contributed by atoms with Gasteiger partial charge in [-0.15, -0.1) is 0 Å². The van der Waals surface area contributed by atoms with E-state index in [-0.39, 0.29) is 12.3 Å². The Hall–Kier alpha value is -0.940. The quantitative estimate of drug-likeness (QED) is 0.808. The fourth-order valence-electron chi connectivity index (χ4n) is 2.07. The minimum atomic E-state index is -0.306. The molecule has 0 saturated carbocycles. The SMILES string of the molecule is COC(OC)c1cccc(C2COCCN2)c1. The summed E-state index contributed by atoms with van der Waals surface area (Å²) in [5.74, 6) is 0. The van der Waals surface area contributed by atoms with Gasteiger partial charge in [0.1, 0.15) is 0 Å². The first-order valence-corrected chi connectivity index (χ1v) is 5.81. The Kier molecular flexibility index (Phi) is 4.50. The van der Waals surface area contributed by atoms with Crippen molar-refractivity contribution in [1.29, 1.82) is 0 Å². The molecule has 0 aliphatic carbocycles. The minimum Gasteiger partial charge on any atom is -0.378 e. The number of rotatable bonds is 4. The van der Waals surface area contributed by atoms with Crippen molar-refractivity contribution in [2.75, 3.05) is 34.0 Å². The van der Waals surface area contributed by atoms with E-state index in [1.54, 1.807) is 14.2 Å². The molecule has 1 aromatic rings. The summed E-state index contributed by atoms with van der Waals surface area (Å²) in [4.78, 5) is 0. The molecule has 0 bridgehead atoms. The van der Waals surface area contributed by atoms with Crippen LogP contribution in [-0.4, -0.2) is 34.0 Å². The molecule has 1 heterocycles. The number of morpholine rings is 1. The first-order valence-electron chi connectivity index (χ1n) is 5.81. The van der Waals surface area contributed by atoms with Crippen LogP contribution in [0.2, 0.25) is 0 Å². The van der Waals surface area contributed by atoms with E-state index in [0.29, 0.717) is 6.61 Å². The van der Waals surface area contributed by atoms with Gasteiger partial charge in [0.25, 0.3) is 0 Å². The molecule has 94 valence electrons. The zero-order valence-electron chi connectivity index (χ0n) is 10.3. The van der Waals surface area contributed by atoms with Crippen molar-refractivity contribution in [3.8, 4) is 0 Å². The van der Waals surface area contributed by atoms with E-state index in [1.807, 2.05) is 12.1 Å².